The van der Waals surface area contributed by atoms with Crippen LogP contribution in [0.25, 0.3) is 0 Å². The molecule has 1 aromatic rings. The maximum absolute atomic E-state index is 11.9. The van der Waals surface area contributed by atoms with E-state index >= 15 is 0 Å². The monoisotopic (exact) mass is 272 g/mol. The van der Waals surface area contributed by atoms with Crippen LogP contribution in [0.15, 0.2) is 24.3 Å². The number of nitrogens with zero attached hydrogens (tertiary/aromatic N) is 2. The van der Waals surface area contributed by atoms with Crippen LogP contribution in [0.1, 0.15) is 43.4 Å². The van der Waals surface area contributed by atoms with E-state index in [-0.39, 0.29) is 11.9 Å². The molecule has 1 amide bonds. The van der Waals surface area contributed by atoms with Gasteiger partial charge in [-0.05, 0) is 43.5 Å². The van der Waals surface area contributed by atoms with Gasteiger partial charge in [0.1, 0.15) is 0 Å². The average molecular weight is 272 g/mol. The molecule has 2 unspecified atom stereocenters. The van der Waals surface area contributed by atoms with Gasteiger partial charge in [-0.3, -0.25) is 9.69 Å². The van der Waals surface area contributed by atoms with Gasteiger partial charge in [-0.25, -0.2) is 0 Å². The molecule has 3 nitrogen and oxygen atoms in total. The van der Waals surface area contributed by atoms with Crippen molar-refractivity contribution in [3.63, 3.8) is 0 Å². The van der Waals surface area contributed by atoms with Crippen molar-refractivity contribution in [3.8, 4) is 0 Å². The van der Waals surface area contributed by atoms with Crippen molar-refractivity contribution in [1.29, 1.82) is 0 Å². The molecule has 0 N–H and O–H groups in total. The molecule has 0 bridgehead atoms. The molecule has 0 radical (unpaired) electrons. The van der Waals surface area contributed by atoms with E-state index in [1.54, 1.807) is 6.92 Å². The lowest BCUT2D eigenvalue weighted by atomic mass is 10.0. The minimum Gasteiger partial charge on any atom is -0.337 e. The van der Waals surface area contributed by atoms with Crippen LogP contribution in [0.5, 0.6) is 0 Å². The van der Waals surface area contributed by atoms with E-state index in [4.69, 9.17) is 0 Å². The summed E-state index contributed by atoms with van der Waals surface area (Å²) in [5.74, 6) is 0.161. The molecule has 1 saturated heterocycles. The third-order valence-corrected chi connectivity index (χ3v) is 4.94. The van der Waals surface area contributed by atoms with Gasteiger partial charge >= 0.3 is 0 Å². The first kappa shape index (κ1) is 13.6. The van der Waals surface area contributed by atoms with Gasteiger partial charge in [0.05, 0.1) is 6.04 Å². The Kier molecular flexibility index (Phi) is 3.79. The van der Waals surface area contributed by atoms with Crippen molar-refractivity contribution < 1.29 is 4.79 Å². The smallest absolute Gasteiger partial charge is 0.219 e. The number of piperidine rings is 1. The second-order valence-electron chi connectivity index (χ2n) is 6.14. The van der Waals surface area contributed by atoms with Gasteiger partial charge in [0.25, 0.3) is 0 Å². The van der Waals surface area contributed by atoms with Crippen molar-refractivity contribution in [2.75, 3.05) is 20.1 Å². The number of rotatable bonds is 2. The van der Waals surface area contributed by atoms with E-state index in [1.165, 1.54) is 43.5 Å². The second kappa shape index (κ2) is 5.57. The number of likely N-dealkylation sites (N-methyl/N-ethyl adjacent to an activating group) is 1. The lowest BCUT2D eigenvalue weighted by Gasteiger charge is -2.39. The molecule has 20 heavy (non-hydrogen) atoms. The van der Waals surface area contributed by atoms with Crippen LogP contribution in [0.2, 0.25) is 0 Å². The van der Waals surface area contributed by atoms with Gasteiger partial charge in [-0.2, -0.15) is 0 Å². The number of carbonyl (C=O) groups excluding carboxylic acids is 1. The molecule has 2 atom stereocenters. The van der Waals surface area contributed by atoms with Crippen LogP contribution in [-0.4, -0.2) is 41.9 Å². The van der Waals surface area contributed by atoms with Crippen molar-refractivity contribution in [2.24, 2.45) is 0 Å². The molecule has 3 rings (SSSR count). The summed E-state index contributed by atoms with van der Waals surface area (Å²) in [5.41, 5.74) is 2.77. The number of fused-ring (bicyclic) bond motifs is 1. The first-order valence-electron chi connectivity index (χ1n) is 7.73. The highest BCUT2D eigenvalue weighted by Crippen LogP contribution is 2.39. The molecule has 1 aliphatic heterocycles. The number of hydrogen-bond donors (Lipinski definition) is 0. The summed E-state index contributed by atoms with van der Waals surface area (Å²) < 4.78 is 0. The Morgan fingerprint density at radius 2 is 1.90 bits per heavy atom. The minimum atomic E-state index is 0.161. The van der Waals surface area contributed by atoms with Crippen LogP contribution < -0.4 is 0 Å². The highest BCUT2D eigenvalue weighted by Gasteiger charge is 2.39. The molecule has 0 saturated carbocycles. The Hall–Kier alpha value is -1.35. The number of amides is 1. The van der Waals surface area contributed by atoms with Crippen molar-refractivity contribution in [3.05, 3.63) is 35.4 Å². The maximum Gasteiger partial charge on any atom is 0.219 e. The van der Waals surface area contributed by atoms with E-state index in [0.29, 0.717) is 6.04 Å². The quantitative estimate of drug-likeness (QED) is 0.826. The zero-order chi connectivity index (χ0) is 14.1. The highest BCUT2D eigenvalue weighted by molar-refractivity contribution is 5.74. The Bertz CT molecular complexity index is 494. The standard InChI is InChI=1S/C17H24N2O/c1-13(20)18(2)17-15-9-5-4-8-14(15)12-16(17)19-10-6-3-7-11-19/h4-5,8-9,16-17H,3,6-7,10-12H2,1-2H3. The van der Waals surface area contributed by atoms with Gasteiger partial charge in [0.15, 0.2) is 0 Å². The van der Waals surface area contributed by atoms with E-state index in [9.17, 15) is 4.79 Å². The van der Waals surface area contributed by atoms with Gasteiger partial charge in [-0.1, -0.05) is 30.7 Å². The molecule has 1 aromatic carbocycles. The fourth-order valence-corrected chi connectivity index (χ4v) is 3.79. The van der Waals surface area contributed by atoms with Crippen molar-refractivity contribution in [2.45, 2.75) is 44.7 Å². The van der Waals surface area contributed by atoms with Gasteiger partial charge < -0.3 is 4.90 Å². The van der Waals surface area contributed by atoms with E-state index in [1.807, 2.05) is 11.9 Å². The van der Waals surface area contributed by atoms with Gasteiger partial charge in [-0.15, -0.1) is 0 Å². The molecule has 1 fully saturated rings. The zero-order valence-corrected chi connectivity index (χ0v) is 12.5. The third-order valence-electron chi connectivity index (χ3n) is 4.94. The van der Waals surface area contributed by atoms with E-state index < -0.39 is 0 Å². The third kappa shape index (κ3) is 2.35. The van der Waals surface area contributed by atoms with E-state index in [0.717, 1.165) is 6.42 Å². The molecule has 2 aliphatic rings. The summed E-state index contributed by atoms with van der Waals surface area (Å²) >= 11 is 0. The fourth-order valence-electron chi connectivity index (χ4n) is 3.79. The summed E-state index contributed by atoms with van der Waals surface area (Å²) in [5, 5.41) is 0. The van der Waals surface area contributed by atoms with Crippen LogP contribution in [0.3, 0.4) is 0 Å². The maximum atomic E-state index is 11.9. The lowest BCUT2D eigenvalue weighted by Crippen LogP contribution is -2.46. The fraction of sp³-hybridized carbons (Fsp3) is 0.588. The van der Waals surface area contributed by atoms with Gasteiger partial charge in [0.2, 0.25) is 5.91 Å². The lowest BCUT2D eigenvalue weighted by molar-refractivity contribution is -0.131. The Balaban J connectivity index is 1.91. The Morgan fingerprint density at radius 1 is 1.20 bits per heavy atom. The Morgan fingerprint density at radius 3 is 2.60 bits per heavy atom. The summed E-state index contributed by atoms with van der Waals surface area (Å²) in [6.07, 6.45) is 5.02. The first-order valence-corrected chi connectivity index (χ1v) is 7.73. The summed E-state index contributed by atoms with van der Waals surface area (Å²) in [6.45, 7) is 4.04. The molecular weight excluding hydrogens is 248 g/mol. The van der Waals surface area contributed by atoms with Crippen LogP contribution in [0.4, 0.5) is 0 Å². The molecule has 1 aliphatic carbocycles. The predicted molar refractivity (Wildman–Crippen MR) is 80.5 cm³/mol. The zero-order valence-electron chi connectivity index (χ0n) is 12.5. The largest absolute Gasteiger partial charge is 0.337 e. The normalized spacial score (nSPS) is 26.3. The van der Waals surface area contributed by atoms with Crippen molar-refractivity contribution in [1.82, 2.24) is 9.80 Å². The first-order chi connectivity index (χ1) is 9.68. The van der Waals surface area contributed by atoms with Gasteiger partial charge in [0, 0.05) is 20.0 Å². The van der Waals surface area contributed by atoms with Crippen LogP contribution in [-0.2, 0) is 11.2 Å². The van der Waals surface area contributed by atoms with Crippen LogP contribution in [0, 0.1) is 0 Å². The number of benzene rings is 1. The average Bonchev–Trinajstić information content (AvgIpc) is 2.86. The van der Waals surface area contributed by atoms with Crippen LogP contribution >= 0.6 is 0 Å². The molecule has 0 aromatic heterocycles. The number of hydrogen-bond acceptors (Lipinski definition) is 2. The highest BCUT2D eigenvalue weighted by atomic mass is 16.2. The van der Waals surface area contributed by atoms with Crippen molar-refractivity contribution >= 4 is 5.91 Å². The summed E-state index contributed by atoms with van der Waals surface area (Å²) in [7, 11) is 1.95. The molecular formula is C17H24N2O. The predicted octanol–water partition coefficient (Wildman–Crippen LogP) is 2.62. The summed E-state index contributed by atoms with van der Waals surface area (Å²) in [6, 6.07) is 9.31. The molecule has 108 valence electrons. The second-order valence-corrected chi connectivity index (χ2v) is 6.14. The molecule has 0 spiro atoms. The Labute approximate surface area is 121 Å². The topological polar surface area (TPSA) is 23.6 Å². The molecule has 3 heteroatoms. The number of carbonyl (C=O) groups is 1. The summed E-state index contributed by atoms with van der Waals surface area (Å²) in [4.78, 5) is 16.4. The number of likely N-dealkylation sites (tertiary alicyclic amines) is 1. The minimum absolute atomic E-state index is 0.161. The van der Waals surface area contributed by atoms with E-state index in [2.05, 4.69) is 29.2 Å². The SMILES string of the molecule is CC(=O)N(C)C1c2ccccc2CC1N1CCCCC1. The molecule has 1 heterocycles.